The lowest BCUT2D eigenvalue weighted by Gasteiger charge is -2.19. The van der Waals surface area contributed by atoms with Crippen molar-refractivity contribution < 1.29 is 22.0 Å². The number of fused-ring (bicyclic) bond motifs is 1. The van der Waals surface area contributed by atoms with E-state index in [2.05, 4.69) is 0 Å². The van der Waals surface area contributed by atoms with E-state index < -0.39 is 17.7 Å². The second kappa shape index (κ2) is 3.41. The highest BCUT2D eigenvalue weighted by Gasteiger charge is 2.58. The van der Waals surface area contributed by atoms with E-state index in [9.17, 15) is 22.0 Å². The molecule has 1 aromatic carbocycles. The molecule has 0 aliphatic rings. The first-order chi connectivity index (χ1) is 7.32. The summed E-state index contributed by atoms with van der Waals surface area (Å²) in [4.78, 5) is 0. The van der Waals surface area contributed by atoms with E-state index in [1.54, 1.807) is 5.38 Å². The van der Waals surface area contributed by atoms with Crippen LogP contribution in [0.25, 0.3) is 10.8 Å². The van der Waals surface area contributed by atoms with Crippen LogP contribution in [0.5, 0.6) is 0 Å². The highest BCUT2D eigenvalue weighted by Crippen LogP contribution is 2.44. The molecular formula is C10H5F5S. The van der Waals surface area contributed by atoms with Crippen LogP contribution in [0.2, 0.25) is 0 Å². The number of alkyl halides is 5. The SMILES string of the molecule is FC(F)(F)C(F)(F)c1ccc2cscc2c1. The van der Waals surface area contributed by atoms with Gasteiger partial charge < -0.3 is 0 Å². The van der Waals surface area contributed by atoms with Gasteiger partial charge in [0.05, 0.1) is 0 Å². The molecule has 0 unspecified atom stereocenters. The monoisotopic (exact) mass is 252 g/mol. The first-order valence-corrected chi connectivity index (χ1v) is 5.17. The van der Waals surface area contributed by atoms with Gasteiger partial charge in [0.2, 0.25) is 0 Å². The molecule has 0 nitrogen and oxygen atoms in total. The molecule has 16 heavy (non-hydrogen) atoms. The minimum atomic E-state index is -5.56. The molecule has 0 radical (unpaired) electrons. The van der Waals surface area contributed by atoms with E-state index in [1.165, 1.54) is 22.8 Å². The van der Waals surface area contributed by atoms with Crippen LogP contribution in [0, 0.1) is 0 Å². The molecule has 86 valence electrons. The molecule has 0 spiro atoms. The predicted octanol–water partition coefficient (Wildman–Crippen LogP) is 4.56. The number of hydrogen-bond donors (Lipinski definition) is 0. The van der Waals surface area contributed by atoms with Gasteiger partial charge in [0.25, 0.3) is 0 Å². The average Bonchev–Trinajstić information content (AvgIpc) is 2.61. The maximum absolute atomic E-state index is 13.0. The van der Waals surface area contributed by atoms with E-state index in [-0.39, 0.29) is 0 Å². The predicted molar refractivity (Wildman–Crippen MR) is 51.8 cm³/mol. The van der Waals surface area contributed by atoms with Crippen LogP contribution in [0.4, 0.5) is 22.0 Å². The smallest absolute Gasteiger partial charge is 0.191 e. The molecule has 0 amide bonds. The second-order valence-electron chi connectivity index (χ2n) is 3.29. The van der Waals surface area contributed by atoms with E-state index in [1.807, 2.05) is 0 Å². The minimum absolute atomic E-state index is 0.395. The van der Waals surface area contributed by atoms with Crippen LogP contribution in [0.15, 0.2) is 29.0 Å². The molecule has 0 N–H and O–H groups in total. The molecule has 0 aliphatic carbocycles. The van der Waals surface area contributed by atoms with Gasteiger partial charge in [-0.05, 0) is 27.6 Å². The maximum Gasteiger partial charge on any atom is 0.458 e. The van der Waals surface area contributed by atoms with Gasteiger partial charge in [-0.2, -0.15) is 33.3 Å². The third-order valence-electron chi connectivity index (χ3n) is 2.20. The lowest BCUT2D eigenvalue weighted by Crippen LogP contribution is -2.33. The van der Waals surface area contributed by atoms with Crippen molar-refractivity contribution in [3.8, 4) is 0 Å². The number of rotatable bonds is 1. The van der Waals surface area contributed by atoms with Gasteiger partial charge in [-0.1, -0.05) is 12.1 Å². The van der Waals surface area contributed by atoms with E-state index in [0.717, 1.165) is 12.1 Å². The molecule has 0 aliphatic heterocycles. The van der Waals surface area contributed by atoms with Crippen molar-refractivity contribution in [3.63, 3.8) is 0 Å². The van der Waals surface area contributed by atoms with Crippen LogP contribution < -0.4 is 0 Å². The van der Waals surface area contributed by atoms with Crippen molar-refractivity contribution in [1.29, 1.82) is 0 Å². The molecule has 2 rings (SSSR count). The molecule has 2 aromatic rings. The Kier molecular flexibility index (Phi) is 2.41. The Morgan fingerprint density at radius 1 is 0.875 bits per heavy atom. The Labute approximate surface area is 91.3 Å². The molecule has 6 heteroatoms. The zero-order chi connectivity index (χ0) is 12.0. The Morgan fingerprint density at radius 3 is 2.12 bits per heavy atom. The van der Waals surface area contributed by atoms with Gasteiger partial charge >= 0.3 is 12.1 Å². The molecule has 0 atom stereocenters. The largest absolute Gasteiger partial charge is 0.458 e. The summed E-state index contributed by atoms with van der Waals surface area (Å²) in [7, 11) is 0. The summed E-state index contributed by atoms with van der Waals surface area (Å²) in [6.07, 6.45) is -5.56. The summed E-state index contributed by atoms with van der Waals surface area (Å²) in [6.45, 7) is 0. The van der Waals surface area contributed by atoms with Crippen molar-refractivity contribution in [2.75, 3.05) is 0 Å². The summed E-state index contributed by atoms with van der Waals surface area (Å²) in [5.41, 5.74) is -1.02. The second-order valence-corrected chi connectivity index (χ2v) is 4.03. The number of halogens is 5. The molecule has 1 heterocycles. The molecule has 0 saturated heterocycles. The Bertz CT molecular complexity index is 511. The first-order valence-electron chi connectivity index (χ1n) is 4.23. The third kappa shape index (κ3) is 1.67. The number of benzene rings is 1. The quantitative estimate of drug-likeness (QED) is 0.653. The van der Waals surface area contributed by atoms with Crippen molar-refractivity contribution in [3.05, 3.63) is 34.5 Å². The third-order valence-corrected chi connectivity index (χ3v) is 2.98. The summed E-state index contributed by atoms with van der Waals surface area (Å²) in [5, 5.41) is 4.27. The normalized spacial score (nSPS) is 13.3. The fourth-order valence-electron chi connectivity index (χ4n) is 1.32. The fraction of sp³-hybridized carbons (Fsp3) is 0.200. The molecule has 1 aromatic heterocycles. The Morgan fingerprint density at radius 2 is 1.50 bits per heavy atom. The van der Waals surface area contributed by atoms with Gasteiger partial charge in [-0.25, -0.2) is 0 Å². The standard InChI is InChI=1S/C10H5F5S/c11-9(12,10(13,14)15)8-2-1-6-4-16-5-7(6)3-8/h1-5H. The van der Waals surface area contributed by atoms with Gasteiger partial charge in [0.1, 0.15) is 0 Å². The highest BCUT2D eigenvalue weighted by molar-refractivity contribution is 7.09. The van der Waals surface area contributed by atoms with Crippen molar-refractivity contribution in [1.82, 2.24) is 0 Å². The number of hydrogen-bond acceptors (Lipinski definition) is 1. The lowest BCUT2D eigenvalue weighted by molar-refractivity contribution is -0.289. The summed E-state index contributed by atoms with van der Waals surface area (Å²) < 4.78 is 62.2. The number of thiophene rings is 1. The zero-order valence-electron chi connectivity index (χ0n) is 7.68. The fourth-order valence-corrected chi connectivity index (χ4v) is 2.10. The van der Waals surface area contributed by atoms with Crippen LogP contribution in [0.3, 0.4) is 0 Å². The van der Waals surface area contributed by atoms with Gasteiger partial charge in [-0.15, -0.1) is 0 Å². The minimum Gasteiger partial charge on any atom is -0.191 e. The van der Waals surface area contributed by atoms with E-state index in [0.29, 0.717) is 10.8 Å². The van der Waals surface area contributed by atoms with Gasteiger partial charge in [0.15, 0.2) is 0 Å². The first kappa shape index (κ1) is 11.3. The Hall–Kier alpha value is -1.17. The molecular weight excluding hydrogens is 247 g/mol. The zero-order valence-corrected chi connectivity index (χ0v) is 8.50. The molecule has 0 saturated carbocycles. The summed E-state index contributed by atoms with van der Waals surface area (Å²) in [6, 6.07) is 2.95. The maximum atomic E-state index is 13.0. The van der Waals surface area contributed by atoms with Crippen molar-refractivity contribution >= 4 is 22.1 Å². The van der Waals surface area contributed by atoms with Crippen LogP contribution in [-0.4, -0.2) is 6.18 Å². The van der Waals surface area contributed by atoms with Crippen LogP contribution >= 0.6 is 11.3 Å². The average molecular weight is 252 g/mol. The Balaban J connectivity index is 2.54. The summed E-state index contributed by atoms with van der Waals surface area (Å²) >= 11 is 1.25. The van der Waals surface area contributed by atoms with E-state index in [4.69, 9.17) is 0 Å². The topological polar surface area (TPSA) is 0 Å². The van der Waals surface area contributed by atoms with Crippen LogP contribution in [0.1, 0.15) is 5.56 Å². The van der Waals surface area contributed by atoms with Gasteiger partial charge in [0, 0.05) is 5.56 Å². The van der Waals surface area contributed by atoms with Crippen molar-refractivity contribution in [2.24, 2.45) is 0 Å². The van der Waals surface area contributed by atoms with E-state index >= 15 is 0 Å². The molecule has 0 fully saturated rings. The highest BCUT2D eigenvalue weighted by atomic mass is 32.1. The van der Waals surface area contributed by atoms with Crippen molar-refractivity contribution in [2.45, 2.75) is 12.1 Å². The lowest BCUT2D eigenvalue weighted by atomic mass is 10.1. The molecule has 0 bridgehead atoms. The van der Waals surface area contributed by atoms with Crippen LogP contribution in [-0.2, 0) is 5.92 Å². The van der Waals surface area contributed by atoms with Gasteiger partial charge in [-0.3, -0.25) is 0 Å². The summed E-state index contributed by atoms with van der Waals surface area (Å²) in [5.74, 6) is -4.80.